The van der Waals surface area contributed by atoms with Gasteiger partial charge in [0.2, 0.25) is 0 Å². The highest BCUT2D eigenvalue weighted by molar-refractivity contribution is 7.08. The third-order valence-electron chi connectivity index (χ3n) is 4.05. The maximum atomic E-state index is 14.2. The van der Waals surface area contributed by atoms with E-state index in [4.69, 9.17) is 4.74 Å². The van der Waals surface area contributed by atoms with Gasteiger partial charge in [-0.3, -0.25) is 4.79 Å². The fourth-order valence-corrected chi connectivity index (χ4v) is 3.39. The van der Waals surface area contributed by atoms with Crippen LogP contribution in [0.2, 0.25) is 0 Å². The molecule has 0 saturated heterocycles. The van der Waals surface area contributed by atoms with E-state index < -0.39 is 11.6 Å². The number of pyridine rings is 1. The number of carbonyl (C=O) groups excluding carboxylic acids is 1. The molecule has 0 aliphatic rings. The molecule has 1 N–H and O–H groups in total. The predicted molar refractivity (Wildman–Crippen MR) is 95.8 cm³/mol. The monoisotopic (exact) mass is 352 g/mol. The van der Waals surface area contributed by atoms with E-state index in [1.165, 1.54) is 25.3 Å². The van der Waals surface area contributed by atoms with E-state index in [2.05, 4.69) is 9.97 Å². The van der Waals surface area contributed by atoms with Gasteiger partial charge in [0.05, 0.1) is 12.7 Å². The number of benzene rings is 1. The number of H-pyrrole nitrogens is 1. The van der Waals surface area contributed by atoms with E-state index in [0.29, 0.717) is 22.3 Å². The Bertz CT molecular complexity index is 1070. The van der Waals surface area contributed by atoms with Crippen LogP contribution in [-0.2, 0) is 0 Å². The quantitative estimate of drug-likeness (QED) is 0.543. The largest absolute Gasteiger partial charge is 0.497 e. The Morgan fingerprint density at radius 2 is 2.08 bits per heavy atom. The summed E-state index contributed by atoms with van der Waals surface area (Å²) in [5.41, 5.74) is 2.89. The second-order valence-electron chi connectivity index (χ2n) is 5.51. The number of hydrogen-bond donors (Lipinski definition) is 1. The van der Waals surface area contributed by atoms with Crippen molar-refractivity contribution in [3.05, 3.63) is 70.4 Å². The molecular formula is C19H13FN2O2S. The van der Waals surface area contributed by atoms with Gasteiger partial charge in [-0.1, -0.05) is 0 Å². The minimum absolute atomic E-state index is 0.0267. The molecule has 0 bridgehead atoms. The van der Waals surface area contributed by atoms with Crippen molar-refractivity contribution in [3.63, 3.8) is 0 Å². The van der Waals surface area contributed by atoms with Crippen LogP contribution in [-0.4, -0.2) is 22.9 Å². The number of hydrogen-bond acceptors (Lipinski definition) is 4. The highest BCUT2D eigenvalue weighted by Gasteiger charge is 2.19. The summed E-state index contributed by atoms with van der Waals surface area (Å²) in [6.45, 7) is 0. The Hall–Kier alpha value is -2.99. The number of aromatic amines is 1. The average Bonchev–Trinajstić information content (AvgIpc) is 3.30. The van der Waals surface area contributed by atoms with E-state index in [1.807, 2.05) is 22.9 Å². The van der Waals surface area contributed by atoms with E-state index in [1.54, 1.807) is 23.7 Å². The average molecular weight is 352 g/mol. The molecule has 0 atom stereocenters. The molecule has 0 saturated carbocycles. The van der Waals surface area contributed by atoms with Crippen molar-refractivity contribution in [1.82, 2.24) is 9.97 Å². The molecule has 0 radical (unpaired) electrons. The summed E-state index contributed by atoms with van der Waals surface area (Å²) in [6, 6.07) is 8.01. The fourth-order valence-electron chi connectivity index (χ4n) is 2.73. The van der Waals surface area contributed by atoms with Crippen molar-refractivity contribution in [2.24, 2.45) is 0 Å². The molecule has 6 heteroatoms. The number of halogens is 1. The third kappa shape index (κ3) is 2.70. The van der Waals surface area contributed by atoms with Gasteiger partial charge in [0.25, 0.3) is 0 Å². The predicted octanol–water partition coefficient (Wildman–Crippen LogP) is 4.67. The summed E-state index contributed by atoms with van der Waals surface area (Å²) in [6.07, 6.45) is 3.32. The fraction of sp³-hybridized carbons (Fsp3) is 0.0526. The van der Waals surface area contributed by atoms with Crippen molar-refractivity contribution < 1.29 is 13.9 Å². The van der Waals surface area contributed by atoms with Crippen molar-refractivity contribution >= 4 is 28.2 Å². The third-order valence-corrected chi connectivity index (χ3v) is 4.73. The van der Waals surface area contributed by atoms with E-state index in [0.717, 1.165) is 11.1 Å². The molecule has 0 amide bonds. The molecule has 0 unspecified atom stereocenters. The lowest BCUT2D eigenvalue weighted by atomic mass is 10.0. The first-order valence-electron chi connectivity index (χ1n) is 7.55. The number of fused-ring (bicyclic) bond motifs is 1. The first kappa shape index (κ1) is 15.5. The molecule has 3 heterocycles. The smallest absolute Gasteiger partial charge is 0.198 e. The number of rotatable bonds is 4. The van der Waals surface area contributed by atoms with Gasteiger partial charge in [0.15, 0.2) is 5.78 Å². The Balaban J connectivity index is 1.84. The zero-order chi connectivity index (χ0) is 17.4. The van der Waals surface area contributed by atoms with Gasteiger partial charge in [-0.15, -0.1) is 0 Å². The SMILES string of the molecule is COc1ccc(F)c(C(=O)c2c[nH]c3ncc(-c4ccsc4)cc23)c1. The van der Waals surface area contributed by atoms with Crippen molar-refractivity contribution in [2.45, 2.75) is 0 Å². The Morgan fingerprint density at radius 1 is 1.20 bits per heavy atom. The van der Waals surface area contributed by atoms with E-state index in [9.17, 15) is 9.18 Å². The minimum atomic E-state index is -0.581. The standard InChI is InChI=1S/C19H13FN2O2S/c1-24-13-2-3-17(20)15(7-13)18(23)16-9-22-19-14(16)6-12(8-21-19)11-4-5-25-10-11/h2-10H,1H3,(H,21,22). The molecule has 4 nitrogen and oxygen atoms in total. The van der Waals surface area contributed by atoms with Crippen LogP contribution < -0.4 is 4.74 Å². The number of carbonyl (C=O) groups is 1. The summed E-state index contributed by atoms with van der Waals surface area (Å²) < 4.78 is 19.2. The van der Waals surface area contributed by atoms with Crippen LogP contribution in [0.25, 0.3) is 22.2 Å². The van der Waals surface area contributed by atoms with Crippen LogP contribution in [0.5, 0.6) is 5.75 Å². The maximum absolute atomic E-state index is 14.2. The molecule has 124 valence electrons. The highest BCUT2D eigenvalue weighted by Crippen LogP contribution is 2.28. The zero-order valence-electron chi connectivity index (χ0n) is 13.2. The van der Waals surface area contributed by atoms with Gasteiger partial charge in [0.1, 0.15) is 17.2 Å². The first-order valence-corrected chi connectivity index (χ1v) is 8.49. The zero-order valence-corrected chi connectivity index (χ0v) is 14.1. The lowest BCUT2D eigenvalue weighted by molar-refractivity contribution is 0.103. The first-order chi connectivity index (χ1) is 12.2. The van der Waals surface area contributed by atoms with Gasteiger partial charge in [-0.05, 0) is 46.7 Å². The summed E-state index contributed by atoms with van der Waals surface area (Å²) in [5, 5.41) is 4.66. The van der Waals surface area contributed by atoms with Crippen molar-refractivity contribution in [1.29, 1.82) is 0 Å². The number of nitrogens with one attached hydrogen (secondary N) is 1. The second kappa shape index (κ2) is 6.14. The van der Waals surface area contributed by atoms with Crippen LogP contribution in [0.15, 0.2) is 53.5 Å². The molecule has 4 aromatic rings. The topological polar surface area (TPSA) is 55.0 Å². The highest BCUT2D eigenvalue weighted by atomic mass is 32.1. The lowest BCUT2D eigenvalue weighted by Crippen LogP contribution is -2.04. The van der Waals surface area contributed by atoms with Gasteiger partial charge in [-0.2, -0.15) is 11.3 Å². The lowest BCUT2D eigenvalue weighted by Gasteiger charge is -2.05. The number of aromatic nitrogens is 2. The summed E-state index contributed by atoms with van der Waals surface area (Å²) in [4.78, 5) is 20.2. The summed E-state index contributed by atoms with van der Waals surface area (Å²) >= 11 is 1.59. The Morgan fingerprint density at radius 3 is 2.84 bits per heavy atom. The normalized spacial score (nSPS) is 11.0. The van der Waals surface area contributed by atoms with Crippen LogP contribution in [0, 0.1) is 5.82 Å². The molecule has 0 aliphatic carbocycles. The van der Waals surface area contributed by atoms with Gasteiger partial charge < -0.3 is 9.72 Å². The molecule has 0 fully saturated rings. The Labute approximate surface area is 146 Å². The number of ether oxygens (including phenoxy) is 1. The molecule has 0 spiro atoms. The molecule has 4 rings (SSSR count). The second-order valence-corrected chi connectivity index (χ2v) is 6.29. The summed E-state index contributed by atoms with van der Waals surface area (Å²) in [5.74, 6) is -0.560. The van der Waals surface area contributed by atoms with Crippen molar-refractivity contribution in [2.75, 3.05) is 7.11 Å². The van der Waals surface area contributed by atoms with Crippen molar-refractivity contribution in [3.8, 4) is 16.9 Å². The molecule has 0 aliphatic heterocycles. The van der Waals surface area contributed by atoms with Crippen LogP contribution in [0.4, 0.5) is 4.39 Å². The maximum Gasteiger partial charge on any atom is 0.198 e. The molecule has 1 aromatic carbocycles. The number of methoxy groups -OCH3 is 1. The van der Waals surface area contributed by atoms with Crippen LogP contribution >= 0.6 is 11.3 Å². The number of thiophene rings is 1. The van der Waals surface area contributed by atoms with E-state index >= 15 is 0 Å². The molecule has 25 heavy (non-hydrogen) atoms. The molecular weight excluding hydrogens is 339 g/mol. The Kier molecular flexibility index (Phi) is 3.82. The molecule has 3 aromatic heterocycles. The van der Waals surface area contributed by atoms with Gasteiger partial charge >= 0.3 is 0 Å². The van der Waals surface area contributed by atoms with E-state index in [-0.39, 0.29) is 5.56 Å². The van der Waals surface area contributed by atoms with Crippen LogP contribution in [0.1, 0.15) is 15.9 Å². The minimum Gasteiger partial charge on any atom is -0.497 e. The van der Waals surface area contributed by atoms with Gasteiger partial charge in [0, 0.05) is 28.9 Å². The van der Waals surface area contributed by atoms with Gasteiger partial charge in [-0.25, -0.2) is 9.37 Å². The van der Waals surface area contributed by atoms with Crippen LogP contribution in [0.3, 0.4) is 0 Å². The number of nitrogens with zero attached hydrogens (tertiary/aromatic N) is 1. The summed E-state index contributed by atoms with van der Waals surface area (Å²) in [7, 11) is 1.48. The number of ketones is 1.